The number of hydrogen-bond donors (Lipinski definition) is 0. The van der Waals surface area contributed by atoms with Gasteiger partial charge in [0.2, 0.25) is 11.8 Å². The summed E-state index contributed by atoms with van der Waals surface area (Å²) >= 11 is 1.37. The van der Waals surface area contributed by atoms with Gasteiger partial charge < -0.3 is 14.1 Å². The maximum Gasteiger partial charge on any atom is 0.266 e. The van der Waals surface area contributed by atoms with Gasteiger partial charge in [-0.3, -0.25) is 4.79 Å². The van der Waals surface area contributed by atoms with Crippen LogP contribution in [0.25, 0.3) is 0 Å². The number of morpholine rings is 1. The largest absolute Gasteiger partial charge is 0.423 e. The molecule has 3 rings (SSSR count). The first-order valence-electron chi connectivity index (χ1n) is 7.76. The third-order valence-corrected chi connectivity index (χ3v) is 4.65. The molecule has 0 aliphatic carbocycles. The van der Waals surface area contributed by atoms with E-state index in [1.807, 2.05) is 20.8 Å². The normalized spacial score (nSPS) is 18.6. The van der Waals surface area contributed by atoms with Crippen LogP contribution in [0.2, 0.25) is 0 Å². The van der Waals surface area contributed by atoms with Crippen LogP contribution in [0.15, 0.2) is 9.93 Å². The lowest BCUT2D eigenvalue weighted by atomic mass is 10.2. The molecule has 1 aliphatic rings. The Kier molecular flexibility index (Phi) is 4.72. The molecule has 8 heteroatoms. The van der Waals surface area contributed by atoms with E-state index in [4.69, 9.17) is 9.15 Å². The van der Waals surface area contributed by atoms with Crippen LogP contribution in [0, 0.1) is 0 Å². The highest BCUT2D eigenvalue weighted by atomic mass is 32.1. The van der Waals surface area contributed by atoms with E-state index < -0.39 is 0 Å². The zero-order chi connectivity index (χ0) is 16.4. The van der Waals surface area contributed by atoms with Crippen molar-refractivity contribution in [1.29, 1.82) is 0 Å². The molecular weight excluding hydrogens is 316 g/mol. The van der Waals surface area contributed by atoms with Gasteiger partial charge >= 0.3 is 0 Å². The number of amides is 1. The zero-order valence-corrected chi connectivity index (χ0v) is 14.3. The minimum Gasteiger partial charge on any atom is -0.423 e. The smallest absolute Gasteiger partial charge is 0.266 e. The van der Waals surface area contributed by atoms with Gasteiger partial charge in [0.1, 0.15) is 10.9 Å². The first-order valence-corrected chi connectivity index (χ1v) is 8.64. The van der Waals surface area contributed by atoms with Crippen LogP contribution in [-0.4, -0.2) is 45.7 Å². The second-order valence-corrected chi connectivity index (χ2v) is 6.56. The van der Waals surface area contributed by atoms with E-state index in [1.165, 1.54) is 11.3 Å². The van der Waals surface area contributed by atoms with Crippen molar-refractivity contribution in [3.05, 3.63) is 27.9 Å². The molecular formula is C15H20N4O3S. The number of carbonyl (C=O) groups excluding carboxylic acids is 1. The SMILES string of the molecule is CCc1ncsc1C(=O)N1CCOCC1c1nnc(C(C)C)o1. The van der Waals surface area contributed by atoms with Gasteiger partial charge in [-0.1, -0.05) is 20.8 Å². The maximum atomic E-state index is 12.9. The predicted molar refractivity (Wildman–Crippen MR) is 84.5 cm³/mol. The van der Waals surface area contributed by atoms with Gasteiger partial charge in [0.25, 0.3) is 5.91 Å². The van der Waals surface area contributed by atoms with Crippen LogP contribution >= 0.6 is 11.3 Å². The third kappa shape index (κ3) is 3.13. The molecule has 2 aromatic heterocycles. The summed E-state index contributed by atoms with van der Waals surface area (Å²) in [6.07, 6.45) is 0.734. The van der Waals surface area contributed by atoms with Crippen molar-refractivity contribution in [3.63, 3.8) is 0 Å². The van der Waals surface area contributed by atoms with Gasteiger partial charge in [-0.25, -0.2) is 4.98 Å². The minimum absolute atomic E-state index is 0.0399. The maximum absolute atomic E-state index is 12.9. The van der Waals surface area contributed by atoms with E-state index in [0.717, 1.165) is 12.1 Å². The summed E-state index contributed by atoms with van der Waals surface area (Å²) < 4.78 is 11.3. The van der Waals surface area contributed by atoms with Crippen LogP contribution in [0.3, 0.4) is 0 Å². The number of nitrogens with zero attached hydrogens (tertiary/aromatic N) is 4. The number of aromatic nitrogens is 3. The molecule has 0 saturated carbocycles. The molecule has 0 aromatic carbocycles. The van der Waals surface area contributed by atoms with E-state index in [1.54, 1.807) is 10.4 Å². The molecule has 0 radical (unpaired) electrons. The summed E-state index contributed by atoms with van der Waals surface area (Å²) in [4.78, 5) is 19.6. The van der Waals surface area contributed by atoms with Gasteiger partial charge in [-0.05, 0) is 6.42 Å². The third-order valence-electron chi connectivity index (χ3n) is 3.79. The standard InChI is InChI=1S/C15H20N4O3S/c1-4-10-12(23-8-16-10)15(20)19-5-6-21-7-11(19)14-18-17-13(22-14)9(2)3/h8-9,11H,4-7H2,1-3H3. The van der Waals surface area contributed by atoms with E-state index in [9.17, 15) is 4.79 Å². The Labute approximate surface area is 138 Å². The summed E-state index contributed by atoms with van der Waals surface area (Å²) in [5, 5.41) is 8.18. The van der Waals surface area contributed by atoms with Crippen molar-refractivity contribution in [2.75, 3.05) is 19.8 Å². The molecule has 1 atom stereocenters. The van der Waals surface area contributed by atoms with Crippen LogP contribution < -0.4 is 0 Å². The molecule has 2 aromatic rings. The quantitative estimate of drug-likeness (QED) is 0.853. The van der Waals surface area contributed by atoms with Gasteiger partial charge in [0.05, 0.1) is 24.4 Å². The van der Waals surface area contributed by atoms with E-state index in [0.29, 0.717) is 36.4 Å². The lowest BCUT2D eigenvalue weighted by Crippen LogP contribution is -2.43. The lowest BCUT2D eigenvalue weighted by molar-refractivity contribution is -0.0105. The van der Waals surface area contributed by atoms with Crippen LogP contribution in [-0.2, 0) is 11.2 Å². The molecule has 1 aliphatic heterocycles. The summed E-state index contributed by atoms with van der Waals surface area (Å²) in [5.74, 6) is 1.12. The predicted octanol–water partition coefficient (Wildman–Crippen LogP) is 2.43. The number of rotatable bonds is 4. The molecule has 1 fully saturated rings. The highest BCUT2D eigenvalue weighted by Gasteiger charge is 2.34. The fraction of sp³-hybridized carbons (Fsp3) is 0.600. The Hall–Kier alpha value is -1.80. The van der Waals surface area contributed by atoms with Gasteiger partial charge in [0.15, 0.2) is 0 Å². The Balaban J connectivity index is 1.87. The van der Waals surface area contributed by atoms with Gasteiger partial charge in [0, 0.05) is 12.5 Å². The van der Waals surface area contributed by atoms with Crippen LogP contribution in [0.5, 0.6) is 0 Å². The van der Waals surface area contributed by atoms with Gasteiger partial charge in [-0.15, -0.1) is 21.5 Å². The number of thiazole rings is 1. The number of hydrogen-bond acceptors (Lipinski definition) is 7. The summed E-state index contributed by atoms with van der Waals surface area (Å²) in [7, 11) is 0. The lowest BCUT2D eigenvalue weighted by Gasteiger charge is -2.33. The molecule has 0 bridgehead atoms. The summed E-state index contributed by atoms with van der Waals surface area (Å²) in [6, 6.07) is -0.344. The zero-order valence-electron chi connectivity index (χ0n) is 13.5. The minimum atomic E-state index is -0.344. The van der Waals surface area contributed by atoms with E-state index >= 15 is 0 Å². The van der Waals surface area contributed by atoms with Crippen LogP contribution in [0.4, 0.5) is 0 Å². The first-order chi connectivity index (χ1) is 11.1. The average molecular weight is 336 g/mol. The summed E-state index contributed by atoms with van der Waals surface area (Å²) in [6.45, 7) is 7.35. The number of carbonyl (C=O) groups is 1. The first kappa shape index (κ1) is 16.1. The Morgan fingerprint density at radius 3 is 3.00 bits per heavy atom. The fourth-order valence-electron chi connectivity index (χ4n) is 2.49. The Morgan fingerprint density at radius 1 is 1.48 bits per heavy atom. The average Bonchev–Trinajstić information content (AvgIpc) is 3.23. The van der Waals surface area contributed by atoms with Crippen molar-refractivity contribution in [1.82, 2.24) is 20.1 Å². The number of ether oxygens (including phenoxy) is 1. The summed E-state index contributed by atoms with van der Waals surface area (Å²) in [5.41, 5.74) is 2.55. The highest BCUT2D eigenvalue weighted by Crippen LogP contribution is 2.28. The fourth-order valence-corrected chi connectivity index (χ4v) is 3.33. The van der Waals surface area contributed by atoms with Gasteiger partial charge in [-0.2, -0.15) is 0 Å². The van der Waals surface area contributed by atoms with E-state index in [-0.39, 0.29) is 17.9 Å². The molecule has 1 saturated heterocycles. The van der Waals surface area contributed by atoms with Crippen LogP contribution in [0.1, 0.15) is 59.9 Å². The Morgan fingerprint density at radius 2 is 2.30 bits per heavy atom. The van der Waals surface area contributed by atoms with Crippen molar-refractivity contribution in [2.24, 2.45) is 0 Å². The molecule has 0 N–H and O–H groups in total. The van der Waals surface area contributed by atoms with Crippen molar-refractivity contribution in [3.8, 4) is 0 Å². The van der Waals surface area contributed by atoms with Crippen molar-refractivity contribution >= 4 is 17.2 Å². The molecule has 1 amide bonds. The second kappa shape index (κ2) is 6.76. The van der Waals surface area contributed by atoms with E-state index in [2.05, 4.69) is 15.2 Å². The monoisotopic (exact) mass is 336 g/mol. The second-order valence-electron chi connectivity index (χ2n) is 5.70. The van der Waals surface area contributed by atoms with Crippen molar-refractivity contribution in [2.45, 2.75) is 39.2 Å². The van der Waals surface area contributed by atoms with Crippen molar-refractivity contribution < 1.29 is 13.9 Å². The molecule has 3 heterocycles. The molecule has 1 unspecified atom stereocenters. The molecule has 124 valence electrons. The topological polar surface area (TPSA) is 81.4 Å². The number of aryl methyl sites for hydroxylation is 1. The highest BCUT2D eigenvalue weighted by molar-refractivity contribution is 7.11. The molecule has 0 spiro atoms. The Bertz CT molecular complexity index is 682. The molecule has 7 nitrogen and oxygen atoms in total. The molecule has 23 heavy (non-hydrogen) atoms.